The smallest absolute Gasteiger partial charge is 0.251 e. The fourth-order valence-electron chi connectivity index (χ4n) is 2.00. The summed E-state index contributed by atoms with van der Waals surface area (Å²) in [5.41, 5.74) is 0.442. The molecule has 0 aliphatic rings. The SMILES string of the molecule is CCC(CC)C(C)NC(=O)c1cc(Cl)nc(Cl)c1. The van der Waals surface area contributed by atoms with Gasteiger partial charge in [0.25, 0.3) is 5.91 Å². The first-order valence-electron chi connectivity index (χ1n) is 6.11. The molecule has 1 aromatic rings. The molecule has 1 rings (SSSR count). The third-order valence-corrected chi connectivity index (χ3v) is 3.53. The molecule has 0 aliphatic carbocycles. The molecule has 100 valence electrons. The summed E-state index contributed by atoms with van der Waals surface area (Å²) >= 11 is 11.5. The van der Waals surface area contributed by atoms with E-state index in [1.807, 2.05) is 6.92 Å². The summed E-state index contributed by atoms with van der Waals surface area (Å²) in [6.45, 7) is 6.26. The topological polar surface area (TPSA) is 42.0 Å². The van der Waals surface area contributed by atoms with Crippen molar-refractivity contribution in [1.29, 1.82) is 0 Å². The standard InChI is InChI=1S/C13H18Cl2N2O/c1-4-9(5-2)8(3)16-13(18)10-6-11(14)17-12(15)7-10/h6-9H,4-5H2,1-3H3,(H,16,18). The maximum absolute atomic E-state index is 12.0. The fourth-order valence-corrected chi connectivity index (χ4v) is 2.46. The Morgan fingerprint density at radius 2 is 1.78 bits per heavy atom. The predicted molar refractivity (Wildman–Crippen MR) is 75.3 cm³/mol. The van der Waals surface area contributed by atoms with Crippen LogP contribution in [0, 0.1) is 5.92 Å². The number of amides is 1. The third kappa shape index (κ3) is 4.14. The van der Waals surface area contributed by atoms with Crippen LogP contribution in [0.5, 0.6) is 0 Å². The number of hydrogen-bond acceptors (Lipinski definition) is 2. The van der Waals surface area contributed by atoms with Crippen LogP contribution < -0.4 is 5.32 Å². The highest BCUT2D eigenvalue weighted by molar-refractivity contribution is 6.33. The number of halogens is 2. The van der Waals surface area contributed by atoms with Gasteiger partial charge in [0.1, 0.15) is 10.3 Å². The average molecular weight is 289 g/mol. The minimum Gasteiger partial charge on any atom is -0.349 e. The zero-order chi connectivity index (χ0) is 13.7. The normalized spacial score (nSPS) is 12.6. The van der Waals surface area contributed by atoms with Gasteiger partial charge in [0.2, 0.25) is 0 Å². The summed E-state index contributed by atoms with van der Waals surface area (Å²) < 4.78 is 0. The van der Waals surface area contributed by atoms with Gasteiger partial charge in [0.15, 0.2) is 0 Å². The van der Waals surface area contributed by atoms with E-state index in [4.69, 9.17) is 23.2 Å². The number of aromatic nitrogens is 1. The van der Waals surface area contributed by atoms with Gasteiger partial charge >= 0.3 is 0 Å². The lowest BCUT2D eigenvalue weighted by Gasteiger charge is -2.22. The monoisotopic (exact) mass is 288 g/mol. The van der Waals surface area contributed by atoms with Crippen LogP contribution in [0.2, 0.25) is 10.3 Å². The molecule has 1 N–H and O–H groups in total. The summed E-state index contributed by atoms with van der Waals surface area (Å²) in [5.74, 6) is 0.308. The zero-order valence-corrected chi connectivity index (χ0v) is 12.3. The molecular formula is C13H18Cl2N2O. The van der Waals surface area contributed by atoms with Crippen molar-refractivity contribution in [1.82, 2.24) is 10.3 Å². The molecule has 1 unspecified atom stereocenters. The Balaban J connectivity index is 2.76. The molecule has 0 saturated carbocycles. The molecule has 1 aromatic heterocycles. The van der Waals surface area contributed by atoms with Crippen molar-refractivity contribution in [3.05, 3.63) is 28.0 Å². The summed E-state index contributed by atoms with van der Waals surface area (Å²) in [7, 11) is 0. The summed E-state index contributed by atoms with van der Waals surface area (Å²) in [5, 5.41) is 3.42. The van der Waals surface area contributed by atoms with Gasteiger partial charge in [-0.25, -0.2) is 4.98 Å². The van der Waals surface area contributed by atoms with Crippen molar-refractivity contribution in [3.8, 4) is 0 Å². The molecule has 0 fully saturated rings. The van der Waals surface area contributed by atoms with E-state index in [1.54, 1.807) is 0 Å². The lowest BCUT2D eigenvalue weighted by Crippen LogP contribution is -2.37. The van der Waals surface area contributed by atoms with E-state index in [0.717, 1.165) is 12.8 Å². The maximum atomic E-state index is 12.0. The van der Waals surface area contributed by atoms with Gasteiger partial charge in [-0.05, 0) is 25.0 Å². The number of pyridine rings is 1. The molecule has 0 saturated heterocycles. The predicted octanol–water partition coefficient (Wildman–Crippen LogP) is 3.94. The molecule has 0 aromatic carbocycles. The highest BCUT2D eigenvalue weighted by atomic mass is 35.5. The van der Waals surface area contributed by atoms with Gasteiger partial charge < -0.3 is 5.32 Å². The minimum absolute atomic E-state index is 0.123. The van der Waals surface area contributed by atoms with Crippen LogP contribution in [-0.2, 0) is 0 Å². The molecule has 0 spiro atoms. The average Bonchev–Trinajstić information content (AvgIpc) is 2.29. The number of hydrogen-bond donors (Lipinski definition) is 1. The van der Waals surface area contributed by atoms with Crippen LogP contribution in [0.1, 0.15) is 44.0 Å². The molecule has 1 atom stereocenters. The van der Waals surface area contributed by atoms with Gasteiger partial charge in [0, 0.05) is 11.6 Å². The largest absolute Gasteiger partial charge is 0.349 e. The van der Waals surface area contributed by atoms with Crippen LogP contribution in [0.3, 0.4) is 0 Å². The van der Waals surface area contributed by atoms with Crippen LogP contribution >= 0.6 is 23.2 Å². The Morgan fingerprint density at radius 3 is 2.22 bits per heavy atom. The Labute approximate surface area is 118 Å². The van der Waals surface area contributed by atoms with E-state index in [9.17, 15) is 4.79 Å². The van der Waals surface area contributed by atoms with E-state index >= 15 is 0 Å². The molecule has 1 amide bonds. The van der Waals surface area contributed by atoms with Gasteiger partial charge in [-0.1, -0.05) is 49.9 Å². The number of rotatable bonds is 5. The Kier molecular flexibility index (Phi) is 5.89. The lowest BCUT2D eigenvalue weighted by molar-refractivity contribution is 0.0925. The second-order valence-corrected chi connectivity index (χ2v) is 5.11. The molecule has 0 radical (unpaired) electrons. The quantitative estimate of drug-likeness (QED) is 0.834. The van der Waals surface area contributed by atoms with Gasteiger partial charge in [0.05, 0.1) is 0 Å². The first kappa shape index (κ1) is 15.3. The fraction of sp³-hybridized carbons (Fsp3) is 0.538. The highest BCUT2D eigenvalue weighted by Crippen LogP contribution is 2.16. The molecule has 1 heterocycles. The van der Waals surface area contributed by atoms with Crippen molar-refractivity contribution in [2.75, 3.05) is 0 Å². The van der Waals surface area contributed by atoms with Crippen molar-refractivity contribution in [2.24, 2.45) is 5.92 Å². The van der Waals surface area contributed by atoms with Crippen LogP contribution in [0.4, 0.5) is 0 Å². The Hall–Kier alpha value is -0.800. The second-order valence-electron chi connectivity index (χ2n) is 4.34. The van der Waals surface area contributed by atoms with E-state index < -0.39 is 0 Å². The van der Waals surface area contributed by atoms with Crippen molar-refractivity contribution >= 4 is 29.1 Å². The van der Waals surface area contributed by atoms with E-state index in [1.165, 1.54) is 12.1 Å². The van der Waals surface area contributed by atoms with Crippen molar-refractivity contribution in [2.45, 2.75) is 39.7 Å². The third-order valence-electron chi connectivity index (χ3n) is 3.14. The molecule has 18 heavy (non-hydrogen) atoms. The van der Waals surface area contributed by atoms with Crippen LogP contribution in [0.25, 0.3) is 0 Å². The number of carbonyl (C=O) groups is 1. The lowest BCUT2D eigenvalue weighted by atomic mass is 9.95. The zero-order valence-electron chi connectivity index (χ0n) is 10.8. The summed E-state index contributed by atoms with van der Waals surface area (Å²) in [4.78, 5) is 15.9. The van der Waals surface area contributed by atoms with Crippen LogP contribution in [-0.4, -0.2) is 16.9 Å². The van der Waals surface area contributed by atoms with Gasteiger partial charge in [-0.15, -0.1) is 0 Å². The number of nitrogens with one attached hydrogen (secondary N) is 1. The van der Waals surface area contributed by atoms with Crippen molar-refractivity contribution in [3.63, 3.8) is 0 Å². The van der Waals surface area contributed by atoms with Gasteiger partial charge in [-0.2, -0.15) is 0 Å². The molecular weight excluding hydrogens is 271 g/mol. The molecule has 0 bridgehead atoms. The van der Waals surface area contributed by atoms with Crippen LogP contribution in [0.15, 0.2) is 12.1 Å². The molecule has 3 nitrogen and oxygen atoms in total. The number of carbonyl (C=O) groups excluding carboxylic acids is 1. The first-order chi connectivity index (χ1) is 8.47. The van der Waals surface area contributed by atoms with E-state index in [-0.39, 0.29) is 22.3 Å². The molecule has 0 aliphatic heterocycles. The number of nitrogens with zero attached hydrogens (tertiary/aromatic N) is 1. The van der Waals surface area contributed by atoms with E-state index in [2.05, 4.69) is 24.1 Å². The Bertz CT molecular complexity index is 399. The molecule has 5 heteroatoms. The van der Waals surface area contributed by atoms with E-state index in [0.29, 0.717) is 11.5 Å². The maximum Gasteiger partial charge on any atom is 0.251 e. The summed E-state index contributed by atoms with van der Waals surface area (Å²) in [6.07, 6.45) is 2.08. The van der Waals surface area contributed by atoms with Gasteiger partial charge in [-0.3, -0.25) is 4.79 Å². The summed E-state index contributed by atoms with van der Waals surface area (Å²) in [6, 6.07) is 3.16. The Morgan fingerprint density at radius 1 is 1.28 bits per heavy atom. The van der Waals surface area contributed by atoms with Crippen molar-refractivity contribution < 1.29 is 4.79 Å². The highest BCUT2D eigenvalue weighted by Gasteiger charge is 2.17. The second kappa shape index (κ2) is 6.95. The first-order valence-corrected chi connectivity index (χ1v) is 6.87. The minimum atomic E-state index is -0.166.